The van der Waals surface area contributed by atoms with E-state index in [2.05, 4.69) is 19.9 Å². The second-order valence-corrected chi connectivity index (χ2v) is 8.30. The van der Waals surface area contributed by atoms with E-state index in [0.717, 1.165) is 35.4 Å². The summed E-state index contributed by atoms with van der Waals surface area (Å²) < 4.78 is 5.97. The number of benzene rings is 1. The molecule has 0 radical (unpaired) electrons. The van der Waals surface area contributed by atoms with E-state index >= 15 is 0 Å². The van der Waals surface area contributed by atoms with Crippen LogP contribution in [0.15, 0.2) is 73.7 Å². The van der Waals surface area contributed by atoms with Crippen LogP contribution in [0.25, 0.3) is 11.3 Å². The maximum atomic E-state index is 13.3. The molecule has 1 amide bonds. The molecule has 1 aromatic carbocycles. The molecule has 1 fully saturated rings. The van der Waals surface area contributed by atoms with Crippen LogP contribution >= 0.6 is 0 Å². The lowest BCUT2D eigenvalue weighted by atomic mass is 9.94. The van der Waals surface area contributed by atoms with Crippen LogP contribution in [0.1, 0.15) is 40.4 Å². The molecule has 0 spiro atoms. The maximum Gasteiger partial charge on any atom is 0.254 e. The third-order valence-corrected chi connectivity index (χ3v) is 5.93. The number of aryl methyl sites for hydroxylation is 1. The quantitative estimate of drug-likeness (QED) is 0.442. The number of aromatic nitrogens is 5. The molecule has 8 nitrogen and oxygen atoms in total. The zero-order valence-corrected chi connectivity index (χ0v) is 18.8. The number of pyridine rings is 1. The molecular weight excluding hydrogens is 428 g/mol. The second kappa shape index (κ2) is 9.74. The Morgan fingerprint density at radius 2 is 1.91 bits per heavy atom. The molecule has 4 heterocycles. The topological polar surface area (TPSA) is 94.0 Å². The number of likely N-dealkylation sites (tertiary alicyclic amines) is 1. The molecule has 1 aliphatic heterocycles. The summed E-state index contributed by atoms with van der Waals surface area (Å²) in [5.74, 6) is 1.28. The Morgan fingerprint density at radius 3 is 2.76 bits per heavy atom. The van der Waals surface area contributed by atoms with Crippen LogP contribution in [-0.4, -0.2) is 48.8 Å². The number of piperidine rings is 1. The zero-order valence-electron chi connectivity index (χ0n) is 18.8. The van der Waals surface area contributed by atoms with Crippen molar-refractivity contribution in [3.05, 3.63) is 90.5 Å². The molecule has 1 atom stereocenters. The molecule has 1 saturated heterocycles. The SMILES string of the molecule is Cc1ccccc1Oc1cncc(C2CCCN(C(=O)c3ccnc(-c4cncnc4)c3)C2)n1. The van der Waals surface area contributed by atoms with Crippen molar-refractivity contribution in [2.24, 2.45) is 0 Å². The van der Waals surface area contributed by atoms with Crippen molar-refractivity contribution in [1.29, 1.82) is 0 Å². The highest BCUT2D eigenvalue weighted by Gasteiger charge is 2.27. The summed E-state index contributed by atoms with van der Waals surface area (Å²) in [5.41, 5.74) is 3.90. The van der Waals surface area contributed by atoms with Gasteiger partial charge in [0.1, 0.15) is 12.1 Å². The minimum Gasteiger partial charge on any atom is -0.437 e. The number of amides is 1. The number of carbonyl (C=O) groups is 1. The number of para-hydroxylation sites is 1. The summed E-state index contributed by atoms with van der Waals surface area (Å²) in [6.45, 7) is 3.27. The van der Waals surface area contributed by atoms with Gasteiger partial charge in [-0.1, -0.05) is 18.2 Å². The van der Waals surface area contributed by atoms with Crippen molar-refractivity contribution < 1.29 is 9.53 Å². The predicted octanol–water partition coefficient (Wildman–Crippen LogP) is 4.45. The standard InChI is InChI=1S/C26H24N6O2/c1-18-5-2-3-7-24(18)34-25-15-27-14-23(31-25)20-6-4-10-32(16-20)26(33)19-8-9-30-22(11-19)21-12-28-17-29-13-21/h2-3,5,7-9,11-15,17,20H,4,6,10,16H2,1H3. The highest BCUT2D eigenvalue weighted by molar-refractivity contribution is 5.95. The first kappa shape index (κ1) is 21.6. The van der Waals surface area contributed by atoms with E-state index in [-0.39, 0.29) is 11.8 Å². The number of carbonyl (C=O) groups excluding carboxylic acids is 1. The molecule has 5 rings (SSSR count). The average Bonchev–Trinajstić information content (AvgIpc) is 2.90. The van der Waals surface area contributed by atoms with Gasteiger partial charge in [0.15, 0.2) is 0 Å². The Bertz CT molecular complexity index is 1300. The highest BCUT2D eigenvalue weighted by Crippen LogP contribution is 2.29. The molecule has 1 unspecified atom stereocenters. The van der Waals surface area contributed by atoms with Crippen LogP contribution < -0.4 is 4.74 Å². The number of hydrogen-bond donors (Lipinski definition) is 0. The average molecular weight is 453 g/mol. The maximum absolute atomic E-state index is 13.3. The first-order valence-electron chi connectivity index (χ1n) is 11.2. The van der Waals surface area contributed by atoms with Crippen LogP contribution in [0.4, 0.5) is 0 Å². The first-order valence-corrected chi connectivity index (χ1v) is 11.2. The van der Waals surface area contributed by atoms with E-state index < -0.39 is 0 Å². The lowest BCUT2D eigenvalue weighted by Gasteiger charge is -2.32. The minimum atomic E-state index is -0.0227. The van der Waals surface area contributed by atoms with Gasteiger partial charge in [0.2, 0.25) is 5.88 Å². The number of rotatable bonds is 5. The van der Waals surface area contributed by atoms with Crippen molar-refractivity contribution in [1.82, 2.24) is 29.8 Å². The number of nitrogens with zero attached hydrogens (tertiary/aromatic N) is 6. The summed E-state index contributed by atoms with van der Waals surface area (Å²) in [6, 6.07) is 11.3. The van der Waals surface area contributed by atoms with Crippen LogP contribution in [-0.2, 0) is 0 Å². The van der Waals surface area contributed by atoms with Crippen molar-refractivity contribution >= 4 is 5.91 Å². The monoisotopic (exact) mass is 452 g/mol. The normalized spacial score (nSPS) is 15.7. The molecule has 0 N–H and O–H groups in total. The van der Waals surface area contributed by atoms with Crippen LogP contribution in [0.3, 0.4) is 0 Å². The molecular formula is C26H24N6O2. The zero-order chi connectivity index (χ0) is 23.3. The van der Waals surface area contributed by atoms with E-state index in [1.54, 1.807) is 43.1 Å². The van der Waals surface area contributed by atoms with Gasteiger partial charge in [0.25, 0.3) is 5.91 Å². The number of ether oxygens (including phenoxy) is 1. The number of hydrogen-bond acceptors (Lipinski definition) is 7. The van der Waals surface area contributed by atoms with Crippen molar-refractivity contribution in [2.45, 2.75) is 25.7 Å². The first-order chi connectivity index (χ1) is 16.7. The Labute approximate surface area is 197 Å². The molecule has 4 aromatic rings. The Morgan fingerprint density at radius 1 is 1.06 bits per heavy atom. The van der Waals surface area contributed by atoms with E-state index in [1.807, 2.05) is 36.1 Å². The van der Waals surface area contributed by atoms with Crippen molar-refractivity contribution in [3.8, 4) is 22.9 Å². The van der Waals surface area contributed by atoms with Gasteiger partial charge in [0, 0.05) is 54.9 Å². The van der Waals surface area contributed by atoms with Gasteiger partial charge >= 0.3 is 0 Å². The van der Waals surface area contributed by atoms with E-state index in [9.17, 15) is 4.79 Å². The van der Waals surface area contributed by atoms with Gasteiger partial charge in [-0.2, -0.15) is 0 Å². The molecule has 0 saturated carbocycles. The molecule has 3 aromatic heterocycles. The molecule has 0 bridgehead atoms. The third kappa shape index (κ3) is 4.76. The molecule has 0 aliphatic carbocycles. The Balaban J connectivity index is 1.32. The van der Waals surface area contributed by atoms with Crippen LogP contribution in [0.5, 0.6) is 11.6 Å². The van der Waals surface area contributed by atoms with Gasteiger partial charge < -0.3 is 9.64 Å². The van der Waals surface area contributed by atoms with E-state index in [4.69, 9.17) is 9.72 Å². The van der Waals surface area contributed by atoms with Crippen LogP contribution in [0.2, 0.25) is 0 Å². The molecule has 1 aliphatic rings. The van der Waals surface area contributed by atoms with Gasteiger partial charge in [-0.15, -0.1) is 0 Å². The fourth-order valence-electron chi connectivity index (χ4n) is 4.13. The summed E-state index contributed by atoms with van der Waals surface area (Å²) in [5, 5.41) is 0. The van der Waals surface area contributed by atoms with Crippen molar-refractivity contribution in [2.75, 3.05) is 13.1 Å². The lowest BCUT2D eigenvalue weighted by Crippen LogP contribution is -2.39. The minimum absolute atomic E-state index is 0.0227. The molecule has 34 heavy (non-hydrogen) atoms. The third-order valence-electron chi connectivity index (χ3n) is 5.93. The smallest absolute Gasteiger partial charge is 0.254 e. The van der Waals surface area contributed by atoms with Gasteiger partial charge in [-0.3, -0.25) is 14.8 Å². The van der Waals surface area contributed by atoms with Gasteiger partial charge in [-0.25, -0.2) is 15.0 Å². The van der Waals surface area contributed by atoms with Gasteiger partial charge in [-0.05, 0) is 43.5 Å². The fraction of sp³-hybridized carbons (Fsp3) is 0.231. The summed E-state index contributed by atoms with van der Waals surface area (Å²) in [7, 11) is 0. The summed E-state index contributed by atoms with van der Waals surface area (Å²) in [6.07, 6.45) is 11.7. The fourth-order valence-corrected chi connectivity index (χ4v) is 4.13. The highest BCUT2D eigenvalue weighted by atomic mass is 16.5. The second-order valence-electron chi connectivity index (χ2n) is 8.30. The van der Waals surface area contributed by atoms with E-state index in [1.165, 1.54) is 6.33 Å². The summed E-state index contributed by atoms with van der Waals surface area (Å²) >= 11 is 0. The van der Waals surface area contributed by atoms with E-state index in [0.29, 0.717) is 30.2 Å². The van der Waals surface area contributed by atoms with Crippen molar-refractivity contribution in [3.63, 3.8) is 0 Å². The Hall–Kier alpha value is -4.20. The summed E-state index contributed by atoms with van der Waals surface area (Å²) in [4.78, 5) is 36.7. The molecule has 170 valence electrons. The molecule has 8 heteroatoms. The van der Waals surface area contributed by atoms with Crippen LogP contribution in [0, 0.1) is 6.92 Å². The lowest BCUT2D eigenvalue weighted by molar-refractivity contribution is 0.0705. The predicted molar refractivity (Wildman–Crippen MR) is 126 cm³/mol. The van der Waals surface area contributed by atoms with Gasteiger partial charge in [0.05, 0.1) is 17.6 Å². The Kier molecular flexibility index (Phi) is 6.20. The largest absolute Gasteiger partial charge is 0.437 e.